The number of nitrogens with one attached hydrogen (secondary N) is 1. The number of aryl methyl sites for hydroxylation is 1. The Kier molecular flexibility index (Phi) is 6.25. The fourth-order valence-corrected chi connectivity index (χ4v) is 3.58. The normalized spacial score (nSPS) is 10.3. The summed E-state index contributed by atoms with van der Waals surface area (Å²) in [7, 11) is 0. The van der Waals surface area contributed by atoms with Gasteiger partial charge in [0.1, 0.15) is 5.76 Å². The predicted molar refractivity (Wildman–Crippen MR) is 106 cm³/mol. The summed E-state index contributed by atoms with van der Waals surface area (Å²) >= 11 is 1.59. The Morgan fingerprint density at radius 3 is 2.54 bits per heavy atom. The number of carbonyl (C=O) groups excluding carboxylic acids is 2. The summed E-state index contributed by atoms with van der Waals surface area (Å²) in [4.78, 5) is 28.9. The molecule has 0 aliphatic heterocycles. The van der Waals surface area contributed by atoms with Gasteiger partial charge in [-0.15, -0.1) is 11.3 Å². The fourth-order valence-electron chi connectivity index (χ4n) is 2.67. The van der Waals surface area contributed by atoms with Crippen molar-refractivity contribution in [1.82, 2.24) is 4.90 Å². The van der Waals surface area contributed by atoms with Crippen LogP contribution in [0.3, 0.4) is 0 Å². The van der Waals surface area contributed by atoms with Crippen LogP contribution in [0.25, 0.3) is 0 Å². The van der Waals surface area contributed by atoms with Crippen molar-refractivity contribution in [3.63, 3.8) is 0 Å². The van der Waals surface area contributed by atoms with E-state index in [1.165, 1.54) is 11.2 Å². The third kappa shape index (κ3) is 5.09. The maximum absolute atomic E-state index is 12.8. The molecule has 0 radical (unpaired) electrons. The third-order valence-electron chi connectivity index (χ3n) is 4.05. The van der Waals surface area contributed by atoms with Crippen LogP contribution in [0.5, 0.6) is 0 Å². The van der Waals surface area contributed by atoms with Crippen LogP contribution in [0.2, 0.25) is 0 Å². The van der Waals surface area contributed by atoms with Gasteiger partial charge in [-0.2, -0.15) is 5.26 Å². The van der Waals surface area contributed by atoms with Crippen molar-refractivity contribution in [1.29, 1.82) is 5.26 Å². The number of thiophene rings is 1. The molecule has 7 heteroatoms. The van der Waals surface area contributed by atoms with Gasteiger partial charge >= 0.3 is 11.8 Å². The average Bonchev–Trinajstić information content (AvgIpc) is 3.34. The molecule has 2 amide bonds. The second kappa shape index (κ2) is 9.02. The third-order valence-corrected chi connectivity index (χ3v) is 5.03. The molecule has 0 saturated carbocycles. The Hall–Kier alpha value is -3.37. The first-order valence-electron chi connectivity index (χ1n) is 8.69. The summed E-state index contributed by atoms with van der Waals surface area (Å²) in [6, 6.07) is 16.4. The largest absolute Gasteiger partial charge is 0.467 e. The zero-order valence-electron chi connectivity index (χ0n) is 15.3. The van der Waals surface area contributed by atoms with Crippen LogP contribution in [-0.2, 0) is 29.1 Å². The van der Waals surface area contributed by atoms with Gasteiger partial charge in [-0.1, -0.05) is 12.1 Å². The van der Waals surface area contributed by atoms with Crippen molar-refractivity contribution < 1.29 is 14.0 Å². The highest BCUT2D eigenvalue weighted by Gasteiger charge is 2.24. The number of amides is 2. The van der Waals surface area contributed by atoms with Crippen LogP contribution in [0, 0.1) is 18.3 Å². The highest BCUT2D eigenvalue weighted by atomic mass is 32.1. The van der Waals surface area contributed by atoms with E-state index in [-0.39, 0.29) is 6.54 Å². The average molecular weight is 393 g/mol. The van der Waals surface area contributed by atoms with Gasteiger partial charge in [-0.25, -0.2) is 0 Å². The number of furan rings is 1. The molecule has 142 valence electrons. The number of benzene rings is 1. The first-order valence-corrected chi connectivity index (χ1v) is 9.50. The SMILES string of the molecule is Cc1ccc(CN(Cc2ccco2)C(=O)C(=O)Nc2ccc(CC#N)cc2)s1. The highest BCUT2D eigenvalue weighted by Crippen LogP contribution is 2.19. The number of carbonyl (C=O) groups is 2. The minimum Gasteiger partial charge on any atom is -0.467 e. The minimum absolute atomic E-state index is 0.206. The quantitative estimate of drug-likeness (QED) is 0.644. The molecule has 0 spiro atoms. The van der Waals surface area contributed by atoms with Crippen LogP contribution in [-0.4, -0.2) is 16.7 Å². The fraction of sp³-hybridized carbons (Fsp3) is 0.190. The zero-order valence-corrected chi connectivity index (χ0v) is 16.2. The van der Waals surface area contributed by atoms with Crippen molar-refractivity contribution in [2.75, 3.05) is 5.32 Å². The maximum atomic E-state index is 12.8. The Balaban J connectivity index is 1.71. The van der Waals surface area contributed by atoms with Crippen molar-refractivity contribution in [3.05, 3.63) is 75.9 Å². The second-order valence-electron chi connectivity index (χ2n) is 6.24. The van der Waals surface area contributed by atoms with Gasteiger partial charge in [-0.05, 0) is 48.9 Å². The Morgan fingerprint density at radius 1 is 1.14 bits per heavy atom. The molecule has 0 fully saturated rings. The van der Waals surface area contributed by atoms with Crippen molar-refractivity contribution in [2.24, 2.45) is 0 Å². The van der Waals surface area contributed by atoms with Crippen LogP contribution < -0.4 is 5.32 Å². The van der Waals surface area contributed by atoms with Crippen LogP contribution in [0.4, 0.5) is 5.69 Å². The second-order valence-corrected chi connectivity index (χ2v) is 7.61. The molecule has 2 heterocycles. The molecule has 0 atom stereocenters. The lowest BCUT2D eigenvalue weighted by Crippen LogP contribution is -2.38. The van der Waals surface area contributed by atoms with Gasteiger partial charge in [0.25, 0.3) is 0 Å². The molecule has 3 aromatic rings. The standard InChI is InChI=1S/C21H19N3O3S/c1-15-4-9-19(28-15)14-24(13-18-3-2-12-27-18)21(26)20(25)23-17-7-5-16(6-8-17)10-11-22/h2-9,12H,10,13-14H2,1H3,(H,23,25). The van der Waals surface area contributed by atoms with Crippen LogP contribution >= 0.6 is 11.3 Å². The van der Waals surface area contributed by atoms with E-state index < -0.39 is 11.8 Å². The van der Waals surface area contributed by atoms with Crippen LogP contribution in [0.15, 0.2) is 59.2 Å². The smallest absolute Gasteiger partial charge is 0.313 e. The van der Waals surface area contributed by atoms with Gasteiger partial charge < -0.3 is 14.6 Å². The number of nitrogens with zero attached hydrogens (tertiary/aromatic N) is 2. The topological polar surface area (TPSA) is 86.3 Å². The van der Waals surface area contributed by atoms with Crippen molar-refractivity contribution in [3.8, 4) is 6.07 Å². The number of anilines is 1. The summed E-state index contributed by atoms with van der Waals surface area (Å²) in [6.45, 7) is 2.53. The van der Waals surface area contributed by atoms with E-state index in [4.69, 9.17) is 9.68 Å². The van der Waals surface area contributed by atoms with Crippen molar-refractivity contribution in [2.45, 2.75) is 26.4 Å². The molecule has 2 aromatic heterocycles. The Labute approximate surface area is 167 Å². The van der Waals surface area contributed by atoms with Gasteiger partial charge in [0.05, 0.1) is 31.8 Å². The summed E-state index contributed by atoms with van der Waals surface area (Å²) in [6.07, 6.45) is 1.83. The summed E-state index contributed by atoms with van der Waals surface area (Å²) in [5.74, 6) is -0.744. The molecule has 3 rings (SSSR count). The molecule has 0 aliphatic rings. The van der Waals surface area contributed by atoms with E-state index in [0.29, 0.717) is 24.4 Å². The number of nitriles is 1. The number of hydrogen-bond acceptors (Lipinski definition) is 5. The molecule has 28 heavy (non-hydrogen) atoms. The molecule has 0 unspecified atom stereocenters. The van der Waals surface area contributed by atoms with Gasteiger partial charge in [-0.3, -0.25) is 9.59 Å². The monoisotopic (exact) mass is 393 g/mol. The van der Waals surface area contributed by atoms with E-state index in [1.807, 2.05) is 19.1 Å². The van der Waals surface area contributed by atoms with Gasteiger partial charge in [0, 0.05) is 15.4 Å². The van der Waals surface area contributed by atoms with Gasteiger partial charge in [0.15, 0.2) is 0 Å². The Morgan fingerprint density at radius 2 is 1.93 bits per heavy atom. The number of rotatable bonds is 6. The van der Waals surface area contributed by atoms with E-state index in [9.17, 15) is 9.59 Å². The molecular weight excluding hydrogens is 374 g/mol. The summed E-state index contributed by atoms with van der Waals surface area (Å²) < 4.78 is 5.34. The molecule has 0 aliphatic carbocycles. The molecule has 0 saturated heterocycles. The lowest BCUT2D eigenvalue weighted by molar-refractivity contribution is -0.144. The summed E-state index contributed by atoms with van der Waals surface area (Å²) in [5, 5.41) is 11.3. The summed E-state index contributed by atoms with van der Waals surface area (Å²) in [5.41, 5.74) is 1.35. The lowest BCUT2D eigenvalue weighted by atomic mass is 10.1. The minimum atomic E-state index is -0.715. The first kappa shape index (κ1) is 19.4. The van der Waals surface area contributed by atoms with E-state index in [0.717, 1.165) is 15.3 Å². The molecule has 6 nitrogen and oxygen atoms in total. The maximum Gasteiger partial charge on any atom is 0.313 e. The van der Waals surface area contributed by atoms with Crippen LogP contribution in [0.1, 0.15) is 21.1 Å². The lowest BCUT2D eigenvalue weighted by Gasteiger charge is -2.20. The predicted octanol–water partition coefficient (Wildman–Crippen LogP) is 3.88. The van der Waals surface area contributed by atoms with Gasteiger partial charge in [0.2, 0.25) is 0 Å². The van der Waals surface area contributed by atoms with E-state index in [1.54, 1.807) is 47.7 Å². The molecule has 1 aromatic carbocycles. The van der Waals surface area contributed by atoms with E-state index >= 15 is 0 Å². The number of hydrogen-bond donors (Lipinski definition) is 1. The molecule has 0 bridgehead atoms. The molecule has 1 N–H and O–H groups in total. The van der Waals surface area contributed by atoms with E-state index in [2.05, 4.69) is 11.4 Å². The van der Waals surface area contributed by atoms with Crippen molar-refractivity contribution >= 4 is 28.8 Å². The molecular formula is C21H19N3O3S. The zero-order chi connectivity index (χ0) is 19.9. The Bertz CT molecular complexity index is 985. The first-order chi connectivity index (χ1) is 13.5. The highest BCUT2D eigenvalue weighted by molar-refractivity contribution is 7.11.